The summed E-state index contributed by atoms with van der Waals surface area (Å²) in [7, 11) is 3.51. The van der Waals surface area contributed by atoms with Crippen molar-refractivity contribution in [1.82, 2.24) is 24.3 Å². The molecule has 168 valence electrons. The van der Waals surface area contributed by atoms with Gasteiger partial charge in [-0.05, 0) is 49.7 Å². The summed E-state index contributed by atoms with van der Waals surface area (Å²) >= 11 is 0. The zero-order valence-corrected chi connectivity index (χ0v) is 17.8. The van der Waals surface area contributed by atoms with Crippen molar-refractivity contribution in [1.29, 1.82) is 0 Å². The van der Waals surface area contributed by atoms with E-state index in [2.05, 4.69) is 20.4 Å². The van der Waals surface area contributed by atoms with Crippen molar-refractivity contribution in [3.05, 3.63) is 59.7 Å². The van der Waals surface area contributed by atoms with Gasteiger partial charge in [-0.2, -0.15) is 5.10 Å². The third-order valence-electron chi connectivity index (χ3n) is 6.80. The molecule has 2 aromatic heterocycles. The van der Waals surface area contributed by atoms with Gasteiger partial charge in [-0.1, -0.05) is 0 Å². The maximum Gasteiger partial charge on any atom is 0.274 e. The number of nitrogens with zero attached hydrogens (tertiary/aromatic N) is 5. The normalized spacial score (nSPS) is 27.0. The molecule has 8 nitrogen and oxygen atoms in total. The average molecular weight is 442 g/mol. The zero-order chi connectivity index (χ0) is 22.6. The lowest BCUT2D eigenvalue weighted by atomic mass is 9.92. The Balaban J connectivity index is 1.32. The van der Waals surface area contributed by atoms with E-state index in [1.807, 2.05) is 0 Å². The molecule has 1 aromatic carbocycles. The second-order valence-corrected chi connectivity index (χ2v) is 9.04. The Morgan fingerprint density at radius 1 is 1.12 bits per heavy atom. The number of hydrogen-bond donors (Lipinski definition) is 2. The minimum absolute atomic E-state index is 0.0816. The van der Waals surface area contributed by atoms with E-state index in [0.29, 0.717) is 30.1 Å². The molecule has 2 N–H and O–H groups in total. The topological polar surface area (TPSA) is 97.9 Å². The number of hydrogen-bond acceptors (Lipinski definition) is 5. The molecule has 2 atom stereocenters. The van der Waals surface area contributed by atoms with Crippen LogP contribution in [-0.4, -0.2) is 35.3 Å². The molecule has 1 amide bonds. The summed E-state index contributed by atoms with van der Waals surface area (Å²) < 4.78 is 29.9. The first kappa shape index (κ1) is 20.7. The molecule has 2 saturated carbocycles. The fraction of sp³-hybridized carbons (Fsp3) is 0.455. The van der Waals surface area contributed by atoms with Gasteiger partial charge < -0.3 is 15.0 Å². The highest BCUT2D eigenvalue weighted by molar-refractivity contribution is 6.04. The van der Waals surface area contributed by atoms with Crippen molar-refractivity contribution < 1.29 is 18.7 Å². The molecule has 2 aliphatic carbocycles. The number of aromatic nitrogens is 5. The Hall–Kier alpha value is -3.14. The standard InChI is InChI=1S/C22H24F2N6O2/c1-29-10-25-18(19(29)20(31)27-15-3-4-16(23)17(24)7-15)12-5-13-8-22(32,9-14(13)6-12)21-26-11-30(2)28-21/h3-4,7,10-14,32H,5-6,8-9H2,1-2H3,(H,27,31). The second-order valence-electron chi connectivity index (χ2n) is 9.04. The summed E-state index contributed by atoms with van der Waals surface area (Å²) in [4.78, 5) is 21.7. The molecular formula is C22H24F2N6O2. The van der Waals surface area contributed by atoms with Crippen LogP contribution in [0, 0.1) is 23.5 Å². The molecule has 0 radical (unpaired) electrons. The first-order valence-electron chi connectivity index (χ1n) is 10.6. The van der Waals surface area contributed by atoms with Crippen molar-refractivity contribution >= 4 is 11.6 Å². The summed E-state index contributed by atoms with van der Waals surface area (Å²) in [5.41, 5.74) is 0.263. The van der Waals surface area contributed by atoms with Gasteiger partial charge in [-0.3, -0.25) is 9.48 Å². The Kier molecular flexibility index (Phi) is 4.85. The number of carbonyl (C=O) groups excluding carboxylic acids is 1. The number of rotatable bonds is 4. The quantitative estimate of drug-likeness (QED) is 0.648. The fourth-order valence-electron chi connectivity index (χ4n) is 5.41. The molecular weight excluding hydrogens is 418 g/mol. The smallest absolute Gasteiger partial charge is 0.274 e. The number of anilines is 1. The molecule has 2 heterocycles. The van der Waals surface area contributed by atoms with Gasteiger partial charge in [0, 0.05) is 31.8 Å². The highest BCUT2D eigenvalue weighted by Gasteiger charge is 2.52. The van der Waals surface area contributed by atoms with Crippen LogP contribution in [0.5, 0.6) is 0 Å². The highest BCUT2D eigenvalue weighted by atomic mass is 19.2. The lowest BCUT2D eigenvalue weighted by Crippen LogP contribution is -2.25. The van der Waals surface area contributed by atoms with Gasteiger partial charge in [0.15, 0.2) is 17.5 Å². The van der Waals surface area contributed by atoms with E-state index in [1.165, 1.54) is 6.07 Å². The summed E-state index contributed by atoms with van der Waals surface area (Å²) in [5.74, 6) is -1.28. The number of nitrogens with one attached hydrogen (secondary N) is 1. The van der Waals surface area contributed by atoms with Crippen LogP contribution in [-0.2, 0) is 19.7 Å². The molecule has 32 heavy (non-hydrogen) atoms. The van der Waals surface area contributed by atoms with Crippen molar-refractivity contribution in [2.45, 2.75) is 37.2 Å². The van der Waals surface area contributed by atoms with Gasteiger partial charge in [-0.25, -0.2) is 18.7 Å². The van der Waals surface area contributed by atoms with Crippen LogP contribution >= 0.6 is 0 Å². The number of halogens is 2. The molecule has 0 bridgehead atoms. The first-order valence-corrected chi connectivity index (χ1v) is 10.6. The monoisotopic (exact) mass is 442 g/mol. The van der Waals surface area contributed by atoms with Crippen LogP contribution in [0.3, 0.4) is 0 Å². The maximum atomic E-state index is 13.5. The summed E-state index contributed by atoms with van der Waals surface area (Å²) in [5, 5.41) is 18.0. The van der Waals surface area contributed by atoms with E-state index < -0.39 is 23.1 Å². The van der Waals surface area contributed by atoms with Crippen molar-refractivity contribution in [3.8, 4) is 0 Å². The van der Waals surface area contributed by atoms with E-state index >= 15 is 0 Å². The molecule has 0 saturated heterocycles. The second kappa shape index (κ2) is 7.47. The van der Waals surface area contributed by atoms with E-state index in [0.717, 1.165) is 25.0 Å². The van der Waals surface area contributed by atoms with Crippen LogP contribution in [0.15, 0.2) is 30.9 Å². The van der Waals surface area contributed by atoms with Gasteiger partial charge in [0.25, 0.3) is 5.91 Å². The number of fused-ring (bicyclic) bond motifs is 1. The van der Waals surface area contributed by atoms with Crippen molar-refractivity contribution in [2.75, 3.05) is 5.32 Å². The first-order chi connectivity index (χ1) is 15.2. The number of carbonyl (C=O) groups is 1. The van der Waals surface area contributed by atoms with E-state index in [9.17, 15) is 18.7 Å². The third kappa shape index (κ3) is 3.48. The lowest BCUT2D eigenvalue weighted by Gasteiger charge is -2.21. The number of amides is 1. The summed E-state index contributed by atoms with van der Waals surface area (Å²) in [6.07, 6.45) is 5.97. The predicted octanol–water partition coefficient (Wildman–Crippen LogP) is 2.87. The van der Waals surface area contributed by atoms with Crippen molar-refractivity contribution in [3.63, 3.8) is 0 Å². The molecule has 2 fully saturated rings. The number of aliphatic hydroxyl groups is 1. The minimum Gasteiger partial charge on any atom is -0.382 e. The van der Waals surface area contributed by atoms with Gasteiger partial charge >= 0.3 is 0 Å². The van der Waals surface area contributed by atoms with E-state index in [4.69, 9.17) is 0 Å². The molecule has 3 aromatic rings. The summed E-state index contributed by atoms with van der Waals surface area (Å²) in [6, 6.07) is 3.25. The van der Waals surface area contributed by atoms with Gasteiger partial charge in [-0.15, -0.1) is 0 Å². The van der Waals surface area contributed by atoms with Crippen LogP contribution in [0.25, 0.3) is 0 Å². The number of aryl methyl sites for hydroxylation is 2. The van der Waals surface area contributed by atoms with E-state index in [-0.39, 0.29) is 23.4 Å². The molecule has 2 unspecified atom stereocenters. The zero-order valence-electron chi connectivity index (χ0n) is 17.8. The average Bonchev–Trinajstić information content (AvgIpc) is 3.48. The van der Waals surface area contributed by atoms with Gasteiger partial charge in [0.1, 0.15) is 17.6 Å². The van der Waals surface area contributed by atoms with Crippen LogP contribution < -0.4 is 5.32 Å². The molecule has 10 heteroatoms. The van der Waals surface area contributed by atoms with Gasteiger partial charge in [0.05, 0.1) is 12.0 Å². The Morgan fingerprint density at radius 3 is 2.47 bits per heavy atom. The Morgan fingerprint density at radius 2 is 1.84 bits per heavy atom. The Labute approximate surface area is 183 Å². The number of imidazole rings is 1. The molecule has 0 aliphatic heterocycles. The van der Waals surface area contributed by atoms with Crippen LogP contribution in [0.1, 0.15) is 53.6 Å². The number of benzene rings is 1. The highest BCUT2D eigenvalue weighted by Crippen LogP contribution is 2.56. The van der Waals surface area contributed by atoms with Crippen LogP contribution in [0.2, 0.25) is 0 Å². The van der Waals surface area contributed by atoms with Crippen molar-refractivity contribution in [2.24, 2.45) is 25.9 Å². The van der Waals surface area contributed by atoms with E-state index in [1.54, 1.807) is 36.0 Å². The molecule has 5 rings (SSSR count). The summed E-state index contributed by atoms with van der Waals surface area (Å²) in [6.45, 7) is 0. The fourth-order valence-corrected chi connectivity index (χ4v) is 5.41. The predicted molar refractivity (Wildman–Crippen MR) is 111 cm³/mol. The molecule has 2 aliphatic rings. The SMILES string of the molecule is Cn1cnc(C2(O)CC3CC(c4ncn(C)c4C(=O)Nc4ccc(F)c(F)c4)CC3C2)n1. The maximum absolute atomic E-state index is 13.5. The Bertz CT molecular complexity index is 1180. The molecule has 0 spiro atoms. The largest absolute Gasteiger partial charge is 0.382 e. The minimum atomic E-state index is -1.02. The third-order valence-corrected chi connectivity index (χ3v) is 6.80. The lowest BCUT2D eigenvalue weighted by molar-refractivity contribution is 0.0253. The van der Waals surface area contributed by atoms with Gasteiger partial charge in [0.2, 0.25) is 0 Å². The van der Waals surface area contributed by atoms with Crippen LogP contribution in [0.4, 0.5) is 14.5 Å².